The van der Waals surface area contributed by atoms with Crippen molar-refractivity contribution in [3.63, 3.8) is 0 Å². The topological polar surface area (TPSA) is 41.4 Å². The first-order valence-electron chi connectivity index (χ1n) is 9.81. The van der Waals surface area contributed by atoms with Crippen molar-refractivity contribution in [3.8, 4) is 0 Å². The molecule has 1 aromatic heterocycles. The summed E-state index contributed by atoms with van der Waals surface area (Å²) in [4.78, 5) is 16.9. The van der Waals surface area contributed by atoms with E-state index in [2.05, 4.69) is 40.3 Å². The van der Waals surface area contributed by atoms with Crippen LogP contribution >= 0.6 is 0 Å². The van der Waals surface area contributed by atoms with Gasteiger partial charge in [-0.1, -0.05) is 30.3 Å². The van der Waals surface area contributed by atoms with Gasteiger partial charge in [0.25, 0.3) is 0 Å². The lowest BCUT2D eigenvalue weighted by atomic mass is 10.0. The Kier molecular flexibility index (Phi) is 6.82. The number of amides is 1. The number of aromatic nitrogens is 2. The minimum atomic E-state index is 0.0648. The van der Waals surface area contributed by atoms with E-state index in [-0.39, 0.29) is 5.91 Å². The maximum Gasteiger partial charge on any atom is 0.246 e. The number of hydrogen-bond donors (Lipinski definition) is 0. The molecular weight excluding hydrogens is 336 g/mol. The van der Waals surface area contributed by atoms with Crippen LogP contribution in [0.15, 0.2) is 48.8 Å². The molecule has 1 amide bonds. The molecule has 1 unspecified atom stereocenters. The molecule has 5 nitrogen and oxygen atoms in total. The maximum atomic E-state index is 12.5. The minimum absolute atomic E-state index is 0.0648. The van der Waals surface area contributed by atoms with Crippen LogP contribution in [0.5, 0.6) is 0 Å². The Morgan fingerprint density at radius 3 is 2.89 bits per heavy atom. The molecule has 1 aliphatic rings. The van der Waals surface area contributed by atoms with E-state index in [1.54, 1.807) is 17.0 Å². The van der Waals surface area contributed by atoms with Gasteiger partial charge >= 0.3 is 0 Å². The van der Waals surface area contributed by atoms with Crippen molar-refractivity contribution in [1.82, 2.24) is 19.6 Å². The first-order chi connectivity index (χ1) is 13.1. The quantitative estimate of drug-likeness (QED) is 0.708. The third-order valence-electron chi connectivity index (χ3n) is 5.30. The Bertz CT molecular complexity index is 753. The molecule has 0 saturated carbocycles. The van der Waals surface area contributed by atoms with Gasteiger partial charge in [0.05, 0.1) is 6.20 Å². The zero-order chi connectivity index (χ0) is 19.1. The predicted octanol–water partition coefficient (Wildman–Crippen LogP) is 2.99. The summed E-state index contributed by atoms with van der Waals surface area (Å²) >= 11 is 0. The first-order valence-corrected chi connectivity index (χ1v) is 9.81. The molecule has 0 aliphatic carbocycles. The second-order valence-corrected chi connectivity index (χ2v) is 7.42. The smallest absolute Gasteiger partial charge is 0.246 e. The number of likely N-dealkylation sites (tertiary alicyclic amines) is 1. The first kappa shape index (κ1) is 19.4. The fourth-order valence-electron chi connectivity index (χ4n) is 3.69. The van der Waals surface area contributed by atoms with Gasteiger partial charge in [0.2, 0.25) is 5.91 Å². The van der Waals surface area contributed by atoms with Gasteiger partial charge in [0.1, 0.15) is 0 Å². The summed E-state index contributed by atoms with van der Waals surface area (Å²) in [7, 11) is 3.80. The van der Waals surface area contributed by atoms with E-state index in [1.807, 2.05) is 31.3 Å². The van der Waals surface area contributed by atoms with E-state index < -0.39 is 0 Å². The molecule has 2 aromatic rings. The third-order valence-corrected chi connectivity index (χ3v) is 5.30. The number of piperidine rings is 1. The summed E-state index contributed by atoms with van der Waals surface area (Å²) in [5, 5.41) is 4.12. The van der Waals surface area contributed by atoms with Crippen LogP contribution in [0, 0.1) is 0 Å². The lowest BCUT2D eigenvalue weighted by Gasteiger charge is -2.37. The Labute approximate surface area is 162 Å². The van der Waals surface area contributed by atoms with Crippen LogP contribution in [0.2, 0.25) is 0 Å². The van der Waals surface area contributed by atoms with Crippen LogP contribution < -0.4 is 0 Å². The minimum Gasteiger partial charge on any atom is -0.338 e. The van der Waals surface area contributed by atoms with E-state index in [0.717, 1.165) is 50.9 Å². The normalized spacial score (nSPS) is 18.1. The van der Waals surface area contributed by atoms with E-state index in [9.17, 15) is 4.79 Å². The number of carbonyl (C=O) groups excluding carboxylic acids is 1. The zero-order valence-corrected chi connectivity index (χ0v) is 16.4. The average Bonchev–Trinajstić information content (AvgIpc) is 3.12. The van der Waals surface area contributed by atoms with Crippen molar-refractivity contribution in [3.05, 3.63) is 59.9 Å². The molecule has 0 radical (unpaired) electrons. The second kappa shape index (κ2) is 9.51. The molecule has 1 aliphatic heterocycles. The van der Waals surface area contributed by atoms with E-state index in [0.29, 0.717) is 6.04 Å². The van der Waals surface area contributed by atoms with Crippen LogP contribution in [-0.2, 0) is 18.3 Å². The molecule has 0 spiro atoms. The van der Waals surface area contributed by atoms with Gasteiger partial charge in [-0.3, -0.25) is 9.48 Å². The molecular formula is C22H30N4O. The SMILES string of the molecule is CN(C(=O)/C=C/c1cnn(C)c1)C1CCCN(CCCc2ccccc2)C1. The highest BCUT2D eigenvalue weighted by atomic mass is 16.2. The van der Waals surface area contributed by atoms with E-state index >= 15 is 0 Å². The molecule has 1 saturated heterocycles. The zero-order valence-electron chi connectivity index (χ0n) is 16.4. The molecule has 5 heteroatoms. The van der Waals surface area contributed by atoms with Crippen LogP contribution in [0.25, 0.3) is 6.08 Å². The summed E-state index contributed by atoms with van der Waals surface area (Å²) in [6, 6.07) is 11.0. The fourth-order valence-corrected chi connectivity index (χ4v) is 3.69. The van der Waals surface area contributed by atoms with Crippen LogP contribution in [-0.4, -0.2) is 58.2 Å². The lowest BCUT2D eigenvalue weighted by molar-refractivity contribution is -0.127. The van der Waals surface area contributed by atoms with Crippen molar-refractivity contribution >= 4 is 12.0 Å². The molecule has 0 N–H and O–H groups in total. The molecule has 1 fully saturated rings. The van der Waals surface area contributed by atoms with Gasteiger partial charge in [-0.15, -0.1) is 0 Å². The molecule has 1 atom stereocenters. The van der Waals surface area contributed by atoms with Crippen LogP contribution in [0.1, 0.15) is 30.4 Å². The van der Waals surface area contributed by atoms with Crippen LogP contribution in [0.3, 0.4) is 0 Å². The number of hydrogen-bond acceptors (Lipinski definition) is 3. The average molecular weight is 367 g/mol. The monoisotopic (exact) mass is 366 g/mol. The highest BCUT2D eigenvalue weighted by molar-refractivity contribution is 5.91. The standard InChI is InChI=1S/C22H30N4O/c1-24-17-20(16-23-24)12-13-22(27)25(2)21-11-7-15-26(18-21)14-6-10-19-8-4-3-5-9-19/h3-5,8-9,12-13,16-17,21H,6-7,10-11,14-15,18H2,1-2H3/b13-12+. The fraction of sp³-hybridized carbons (Fsp3) is 0.455. The summed E-state index contributed by atoms with van der Waals surface area (Å²) in [6.07, 6.45) is 11.7. The molecule has 3 rings (SSSR count). The number of aryl methyl sites for hydroxylation is 2. The summed E-state index contributed by atoms with van der Waals surface area (Å²) < 4.78 is 1.74. The van der Waals surface area contributed by atoms with Gasteiger partial charge in [0.15, 0.2) is 0 Å². The number of carbonyl (C=O) groups is 1. The Morgan fingerprint density at radius 2 is 2.15 bits per heavy atom. The van der Waals surface area contributed by atoms with Gasteiger partial charge in [-0.25, -0.2) is 0 Å². The number of rotatable bonds is 7. The highest BCUT2D eigenvalue weighted by Gasteiger charge is 2.24. The highest BCUT2D eigenvalue weighted by Crippen LogP contribution is 2.16. The molecule has 27 heavy (non-hydrogen) atoms. The number of benzene rings is 1. The van der Waals surface area contributed by atoms with Gasteiger partial charge in [-0.05, 0) is 50.4 Å². The van der Waals surface area contributed by atoms with Gasteiger partial charge in [0, 0.05) is 44.5 Å². The number of nitrogens with zero attached hydrogens (tertiary/aromatic N) is 4. The number of likely N-dealkylation sites (N-methyl/N-ethyl adjacent to an activating group) is 1. The van der Waals surface area contributed by atoms with Crippen molar-refractivity contribution in [1.29, 1.82) is 0 Å². The lowest BCUT2D eigenvalue weighted by Crippen LogP contribution is -2.48. The Hall–Kier alpha value is -2.40. The molecule has 0 bridgehead atoms. The molecule has 144 valence electrons. The van der Waals surface area contributed by atoms with Crippen molar-refractivity contribution in [2.45, 2.75) is 31.7 Å². The van der Waals surface area contributed by atoms with Crippen molar-refractivity contribution < 1.29 is 4.79 Å². The predicted molar refractivity (Wildman–Crippen MR) is 109 cm³/mol. The maximum absolute atomic E-state index is 12.5. The summed E-state index contributed by atoms with van der Waals surface area (Å²) in [6.45, 7) is 3.20. The van der Waals surface area contributed by atoms with Gasteiger partial charge < -0.3 is 9.80 Å². The largest absolute Gasteiger partial charge is 0.338 e. The van der Waals surface area contributed by atoms with E-state index in [1.165, 1.54) is 5.56 Å². The Balaban J connectivity index is 1.46. The molecule has 1 aromatic carbocycles. The van der Waals surface area contributed by atoms with E-state index in [4.69, 9.17) is 0 Å². The third kappa shape index (κ3) is 5.79. The summed E-state index contributed by atoms with van der Waals surface area (Å²) in [5.41, 5.74) is 2.35. The van der Waals surface area contributed by atoms with Crippen LogP contribution in [0.4, 0.5) is 0 Å². The summed E-state index contributed by atoms with van der Waals surface area (Å²) in [5.74, 6) is 0.0648. The Morgan fingerprint density at radius 1 is 1.33 bits per heavy atom. The van der Waals surface area contributed by atoms with Crippen molar-refractivity contribution in [2.24, 2.45) is 7.05 Å². The second-order valence-electron chi connectivity index (χ2n) is 7.42. The van der Waals surface area contributed by atoms with Gasteiger partial charge in [-0.2, -0.15) is 5.10 Å². The van der Waals surface area contributed by atoms with Crippen molar-refractivity contribution in [2.75, 3.05) is 26.7 Å². The molecule has 2 heterocycles.